The monoisotopic (exact) mass is 309 g/mol. The van der Waals surface area contributed by atoms with Gasteiger partial charge in [-0.15, -0.1) is 11.3 Å². The molecule has 0 saturated carbocycles. The molecule has 5 nitrogen and oxygen atoms in total. The number of rotatable bonds is 4. The van der Waals surface area contributed by atoms with E-state index < -0.39 is 5.97 Å². The smallest absolute Gasteiger partial charge is 0.320 e. The average Bonchev–Trinajstić information content (AvgIpc) is 3.11. The first-order valence-corrected chi connectivity index (χ1v) is 8.63. The summed E-state index contributed by atoms with van der Waals surface area (Å²) in [7, 11) is 0. The molecule has 3 rings (SSSR count). The second-order valence-corrected chi connectivity index (χ2v) is 7.17. The maximum absolute atomic E-state index is 11.6. The second-order valence-electron chi connectivity index (χ2n) is 6.10. The van der Waals surface area contributed by atoms with Crippen molar-refractivity contribution in [1.82, 2.24) is 14.8 Å². The van der Waals surface area contributed by atoms with Crippen LogP contribution >= 0.6 is 11.3 Å². The number of aliphatic carboxylic acids is 1. The van der Waals surface area contributed by atoms with E-state index in [4.69, 9.17) is 0 Å². The van der Waals surface area contributed by atoms with E-state index in [1.807, 2.05) is 12.3 Å². The predicted octanol–water partition coefficient (Wildman–Crippen LogP) is 1.96. The zero-order chi connectivity index (χ0) is 14.8. The number of aromatic nitrogens is 1. The zero-order valence-corrected chi connectivity index (χ0v) is 13.3. The van der Waals surface area contributed by atoms with Gasteiger partial charge in [-0.2, -0.15) is 0 Å². The van der Waals surface area contributed by atoms with E-state index in [2.05, 4.69) is 14.8 Å². The number of nitrogens with zero attached hydrogens (tertiary/aromatic N) is 3. The van der Waals surface area contributed by atoms with Crippen LogP contribution in [0.4, 0.5) is 0 Å². The summed E-state index contributed by atoms with van der Waals surface area (Å²) >= 11 is 1.63. The molecule has 0 unspecified atom stereocenters. The van der Waals surface area contributed by atoms with Gasteiger partial charge in [0.15, 0.2) is 0 Å². The molecule has 0 spiro atoms. The van der Waals surface area contributed by atoms with Gasteiger partial charge >= 0.3 is 5.97 Å². The predicted molar refractivity (Wildman–Crippen MR) is 82.5 cm³/mol. The van der Waals surface area contributed by atoms with Crippen molar-refractivity contribution in [2.75, 3.05) is 19.6 Å². The Morgan fingerprint density at radius 3 is 2.81 bits per heavy atom. The van der Waals surface area contributed by atoms with Crippen molar-refractivity contribution in [2.24, 2.45) is 0 Å². The van der Waals surface area contributed by atoms with Gasteiger partial charge in [0.2, 0.25) is 0 Å². The van der Waals surface area contributed by atoms with E-state index in [9.17, 15) is 9.90 Å². The van der Waals surface area contributed by atoms with Crippen molar-refractivity contribution < 1.29 is 9.90 Å². The van der Waals surface area contributed by atoms with Gasteiger partial charge < -0.3 is 10.0 Å². The molecule has 116 valence electrons. The molecule has 0 bridgehead atoms. The molecule has 1 aromatic heterocycles. The van der Waals surface area contributed by atoms with Crippen LogP contribution in [0.5, 0.6) is 0 Å². The summed E-state index contributed by atoms with van der Waals surface area (Å²) in [4.78, 5) is 20.7. The van der Waals surface area contributed by atoms with Crippen molar-refractivity contribution in [3.8, 4) is 0 Å². The van der Waals surface area contributed by atoms with Crippen LogP contribution in [0.15, 0.2) is 5.38 Å². The lowest BCUT2D eigenvalue weighted by molar-refractivity contribution is -0.146. The molecule has 1 aromatic rings. The van der Waals surface area contributed by atoms with E-state index >= 15 is 0 Å². The number of hydrogen-bond donors (Lipinski definition) is 1. The second kappa shape index (κ2) is 6.42. The van der Waals surface area contributed by atoms with E-state index in [1.165, 1.54) is 12.8 Å². The van der Waals surface area contributed by atoms with E-state index in [0.29, 0.717) is 12.6 Å². The van der Waals surface area contributed by atoms with Crippen LogP contribution in [0.25, 0.3) is 0 Å². The summed E-state index contributed by atoms with van der Waals surface area (Å²) in [5.74, 6) is -0.689. The van der Waals surface area contributed by atoms with Crippen molar-refractivity contribution in [1.29, 1.82) is 0 Å². The van der Waals surface area contributed by atoms with Crippen molar-refractivity contribution >= 4 is 17.3 Å². The van der Waals surface area contributed by atoms with E-state index in [1.54, 1.807) is 11.3 Å². The van der Waals surface area contributed by atoms with Gasteiger partial charge in [0.1, 0.15) is 6.04 Å². The van der Waals surface area contributed by atoms with Crippen molar-refractivity contribution in [3.05, 3.63) is 16.1 Å². The highest BCUT2D eigenvalue weighted by atomic mass is 32.1. The summed E-state index contributed by atoms with van der Waals surface area (Å²) in [5.41, 5.74) is 1.00. The lowest BCUT2D eigenvalue weighted by Crippen LogP contribution is -2.52. The Labute approximate surface area is 129 Å². The van der Waals surface area contributed by atoms with Crippen LogP contribution in [-0.2, 0) is 11.3 Å². The SMILES string of the molecule is Cc1nc(CN2CC[C@H](N3CCCC3)C[C@@H]2C(=O)O)cs1. The molecule has 2 atom stereocenters. The van der Waals surface area contributed by atoms with Crippen LogP contribution in [0.3, 0.4) is 0 Å². The van der Waals surface area contributed by atoms with E-state index in [0.717, 1.165) is 43.2 Å². The minimum Gasteiger partial charge on any atom is -0.480 e. The van der Waals surface area contributed by atoms with Crippen LogP contribution < -0.4 is 0 Å². The molecule has 0 aromatic carbocycles. The Kier molecular flexibility index (Phi) is 4.57. The highest BCUT2D eigenvalue weighted by Crippen LogP contribution is 2.26. The fourth-order valence-corrected chi connectivity index (χ4v) is 4.17. The molecule has 2 aliphatic rings. The van der Waals surface area contributed by atoms with Gasteiger partial charge in [-0.25, -0.2) is 4.98 Å². The fourth-order valence-electron chi connectivity index (χ4n) is 3.57. The first-order valence-electron chi connectivity index (χ1n) is 7.75. The third-order valence-corrected chi connectivity index (χ3v) is 5.48. The van der Waals surface area contributed by atoms with Crippen LogP contribution in [-0.4, -0.2) is 57.6 Å². The Bertz CT molecular complexity index is 499. The van der Waals surface area contributed by atoms with Crippen molar-refractivity contribution in [2.45, 2.75) is 51.2 Å². The molecule has 0 amide bonds. The molecule has 3 heterocycles. The fraction of sp³-hybridized carbons (Fsp3) is 0.733. The van der Waals surface area contributed by atoms with Gasteiger partial charge in [0, 0.05) is 24.5 Å². The number of carboxylic acid groups (broad SMARTS) is 1. The lowest BCUT2D eigenvalue weighted by atomic mass is 9.95. The highest BCUT2D eigenvalue weighted by molar-refractivity contribution is 7.09. The molecule has 2 saturated heterocycles. The van der Waals surface area contributed by atoms with Gasteiger partial charge in [-0.05, 0) is 45.7 Å². The maximum atomic E-state index is 11.6. The van der Waals surface area contributed by atoms with Crippen LogP contribution in [0.1, 0.15) is 36.4 Å². The Balaban J connectivity index is 1.65. The molecule has 0 radical (unpaired) electrons. The maximum Gasteiger partial charge on any atom is 0.320 e. The highest BCUT2D eigenvalue weighted by Gasteiger charge is 2.36. The molecule has 6 heteroatoms. The number of carboxylic acids is 1. The lowest BCUT2D eigenvalue weighted by Gasteiger charge is -2.40. The first-order chi connectivity index (χ1) is 10.1. The summed E-state index contributed by atoms with van der Waals surface area (Å²) in [6, 6.07) is 0.0772. The summed E-state index contributed by atoms with van der Waals surface area (Å²) < 4.78 is 0. The number of hydrogen-bond acceptors (Lipinski definition) is 5. The normalized spacial score (nSPS) is 28.0. The minimum absolute atomic E-state index is 0.369. The quantitative estimate of drug-likeness (QED) is 0.921. The van der Waals surface area contributed by atoms with Gasteiger partial charge in [-0.3, -0.25) is 9.69 Å². The number of aryl methyl sites for hydroxylation is 1. The first kappa shape index (κ1) is 14.9. The number of carbonyl (C=O) groups is 1. The van der Waals surface area contributed by atoms with Gasteiger partial charge in [-0.1, -0.05) is 0 Å². The molecule has 21 heavy (non-hydrogen) atoms. The molecule has 2 fully saturated rings. The molecule has 0 aliphatic carbocycles. The van der Waals surface area contributed by atoms with Crippen molar-refractivity contribution in [3.63, 3.8) is 0 Å². The Morgan fingerprint density at radius 1 is 1.43 bits per heavy atom. The van der Waals surface area contributed by atoms with Crippen LogP contribution in [0, 0.1) is 6.92 Å². The molecular formula is C15H23N3O2S. The average molecular weight is 309 g/mol. The number of thiazole rings is 1. The van der Waals surface area contributed by atoms with E-state index in [-0.39, 0.29) is 6.04 Å². The summed E-state index contributed by atoms with van der Waals surface area (Å²) in [6.07, 6.45) is 4.34. The zero-order valence-electron chi connectivity index (χ0n) is 12.5. The third-order valence-electron chi connectivity index (χ3n) is 4.66. The number of likely N-dealkylation sites (tertiary alicyclic amines) is 2. The minimum atomic E-state index is -0.689. The summed E-state index contributed by atoms with van der Waals surface area (Å²) in [5, 5.41) is 12.7. The third kappa shape index (κ3) is 3.44. The summed E-state index contributed by atoms with van der Waals surface area (Å²) in [6.45, 7) is 5.79. The molecule has 1 N–H and O–H groups in total. The molecule has 2 aliphatic heterocycles. The van der Waals surface area contributed by atoms with Crippen LogP contribution in [0.2, 0.25) is 0 Å². The Morgan fingerprint density at radius 2 is 2.19 bits per heavy atom. The molecular weight excluding hydrogens is 286 g/mol. The largest absolute Gasteiger partial charge is 0.480 e. The van der Waals surface area contributed by atoms with Gasteiger partial charge in [0.05, 0.1) is 10.7 Å². The van der Waals surface area contributed by atoms with Gasteiger partial charge in [0.25, 0.3) is 0 Å². The standard InChI is InChI=1S/C15H23N3O2S/c1-11-16-12(10-21-11)9-18-7-4-13(8-14(18)15(19)20)17-5-2-3-6-17/h10,13-14H,2-9H2,1H3,(H,19,20)/t13-,14+/m0/s1. The number of piperidine rings is 1. The topological polar surface area (TPSA) is 56.7 Å². The Hall–Kier alpha value is -0.980.